The summed E-state index contributed by atoms with van der Waals surface area (Å²) < 4.78 is 1.69. The Kier molecular flexibility index (Phi) is 4.61. The van der Waals surface area contributed by atoms with Gasteiger partial charge in [0.15, 0.2) is 0 Å². The molecule has 1 N–H and O–H groups in total. The molecule has 2 aromatic carbocycles. The molecule has 0 aliphatic carbocycles. The molecule has 0 bridgehead atoms. The molecule has 3 aromatic heterocycles. The number of aromatic hydroxyl groups is 1. The van der Waals surface area contributed by atoms with Crippen molar-refractivity contribution in [3.8, 4) is 27.6 Å². The lowest BCUT2D eigenvalue weighted by Gasteiger charge is -2.16. The van der Waals surface area contributed by atoms with Gasteiger partial charge in [0, 0.05) is 22.5 Å². The van der Waals surface area contributed by atoms with Gasteiger partial charge in [-0.3, -0.25) is 4.79 Å². The van der Waals surface area contributed by atoms with E-state index in [0.717, 1.165) is 11.1 Å². The number of hydrogen-bond donors (Lipinski definition) is 1. The van der Waals surface area contributed by atoms with E-state index in [1.807, 2.05) is 66.0 Å². The fourth-order valence-electron chi connectivity index (χ4n) is 3.61. The first-order valence-electron chi connectivity index (χ1n) is 9.47. The zero-order valence-corrected chi connectivity index (χ0v) is 16.7. The summed E-state index contributed by atoms with van der Waals surface area (Å²) in [4.78, 5) is 22.5. The summed E-state index contributed by atoms with van der Waals surface area (Å²) in [5.41, 5.74) is 3.36. The third kappa shape index (κ3) is 3.17. The van der Waals surface area contributed by atoms with E-state index in [0.29, 0.717) is 33.7 Å². The maximum Gasteiger partial charge on any atom is 0.259 e. The first-order valence-corrected chi connectivity index (χ1v) is 10.3. The molecule has 146 valence electrons. The zero-order valence-electron chi connectivity index (χ0n) is 15.9. The Morgan fingerprint density at radius 1 is 0.967 bits per heavy atom. The fourth-order valence-corrected chi connectivity index (χ4v) is 4.25. The Bertz CT molecular complexity index is 1380. The predicted molar refractivity (Wildman–Crippen MR) is 120 cm³/mol. The molecule has 0 radical (unpaired) electrons. The van der Waals surface area contributed by atoms with Gasteiger partial charge in [0.25, 0.3) is 5.56 Å². The third-order valence-corrected chi connectivity index (χ3v) is 5.79. The number of benzene rings is 2. The van der Waals surface area contributed by atoms with E-state index in [2.05, 4.69) is 9.97 Å². The van der Waals surface area contributed by atoms with Gasteiger partial charge in [0.2, 0.25) is 0 Å². The van der Waals surface area contributed by atoms with Crippen molar-refractivity contribution in [3.05, 3.63) is 100 Å². The topological polar surface area (TPSA) is 68.0 Å². The molecule has 0 saturated heterocycles. The summed E-state index contributed by atoms with van der Waals surface area (Å²) in [5, 5.41) is 13.8. The summed E-state index contributed by atoms with van der Waals surface area (Å²) in [7, 11) is 0. The largest absolute Gasteiger partial charge is 0.506 e. The molecule has 3 heterocycles. The lowest BCUT2D eigenvalue weighted by atomic mass is 10.0. The van der Waals surface area contributed by atoms with Crippen molar-refractivity contribution in [2.24, 2.45) is 0 Å². The minimum absolute atomic E-state index is 0.0318. The standard InChI is InChI=1S/C24H17N3O2S/c28-20-14-26-21(23-25-11-12-30-23)22-19(20)13-18(17-9-5-2-6-10-17)24(29)27(22)15-16-7-3-1-4-8-16/h1-14,28H,15H2. The van der Waals surface area contributed by atoms with Crippen LogP contribution in [0.2, 0.25) is 0 Å². The van der Waals surface area contributed by atoms with Crippen LogP contribution >= 0.6 is 11.3 Å². The van der Waals surface area contributed by atoms with Gasteiger partial charge in [-0.1, -0.05) is 60.7 Å². The van der Waals surface area contributed by atoms with E-state index in [-0.39, 0.29) is 11.3 Å². The van der Waals surface area contributed by atoms with Crippen molar-refractivity contribution in [2.75, 3.05) is 0 Å². The van der Waals surface area contributed by atoms with Crippen molar-refractivity contribution >= 4 is 22.2 Å². The van der Waals surface area contributed by atoms with Crippen molar-refractivity contribution in [1.29, 1.82) is 0 Å². The number of thiazole rings is 1. The lowest BCUT2D eigenvalue weighted by molar-refractivity contribution is 0.479. The summed E-state index contributed by atoms with van der Waals surface area (Å²) >= 11 is 1.45. The molecule has 0 spiro atoms. The van der Waals surface area contributed by atoms with Crippen LogP contribution in [0.1, 0.15) is 5.56 Å². The Balaban J connectivity index is 1.88. The second-order valence-corrected chi connectivity index (χ2v) is 7.79. The van der Waals surface area contributed by atoms with Crippen LogP contribution in [0.25, 0.3) is 32.7 Å². The second-order valence-electron chi connectivity index (χ2n) is 6.89. The van der Waals surface area contributed by atoms with Gasteiger partial charge in [-0.25, -0.2) is 9.97 Å². The van der Waals surface area contributed by atoms with Gasteiger partial charge >= 0.3 is 0 Å². The molecule has 0 saturated carbocycles. The van der Waals surface area contributed by atoms with Crippen LogP contribution in [0.4, 0.5) is 0 Å². The molecule has 0 fully saturated rings. The molecule has 5 aromatic rings. The van der Waals surface area contributed by atoms with E-state index in [1.54, 1.807) is 16.8 Å². The molecule has 0 unspecified atom stereocenters. The van der Waals surface area contributed by atoms with Crippen LogP contribution in [-0.2, 0) is 6.54 Å². The molecule has 0 aliphatic heterocycles. The van der Waals surface area contributed by atoms with Crippen LogP contribution in [0.5, 0.6) is 5.75 Å². The monoisotopic (exact) mass is 411 g/mol. The molecule has 0 aliphatic rings. The Labute approximate surface area is 176 Å². The fraction of sp³-hybridized carbons (Fsp3) is 0.0417. The molecule has 0 amide bonds. The summed E-state index contributed by atoms with van der Waals surface area (Å²) in [6, 6.07) is 21.0. The summed E-state index contributed by atoms with van der Waals surface area (Å²) in [6.45, 7) is 0.361. The van der Waals surface area contributed by atoms with E-state index < -0.39 is 0 Å². The Morgan fingerprint density at radius 2 is 1.70 bits per heavy atom. The van der Waals surface area contributed by atoms with Crippen LogP contribution in [-0.4, -0.2) is 19.6 Å². The predicted octanol–water partition coefficient (Wildman–Crippen LogP) is 4.94. The normalized spacial score (nSPS) is 11.1. The lowest BCUT2D eigenvalue weighted by Crippen LogP contribution is -2.23. The highest BCUT2D eigenvalue weighted by atomic mass is 32.1. The highest BCUT2D eigenvalue weighted by molar-refractivity contribution is 7.13. The van der Waals surface area contributed by atoms with Crippen LogP contribution in [0, 0.1) is 0 Å². The molecular formula is C24H17N3O2S. The highest BCUT2D eigenvalue weighted by Crippen LogP contribution is 2.34. The van der Waals surface area contributed by atoms with Crippen LogP contribution < -0.4 is 5.56 Å². The summed E-state index contributed by atoms with van der Waals surface area (Å²) in [6.07, 6.45) is 3.13. The van der Waals surface area contributed by atoms with Gasteiger partial charge in [-0.2, -0.15) is 0 Å². The molecule has 6 heteroatoms. The zero-order chi connectivity index (χ0) is 20.5. The number of pyridine rings is 2. The number of fused-ring (bicyclic) bond motifs is 1. The highest BCUT2D eigenvalue weighted by Gasteiger charge is 2.19. The van der Waals surface area contributed by atoms with Gasteiger partial charge in [-0.05, 0) is 17.2 Å². The Morgan fingerprint density at radius 3 is 2.40 bits per heavy atom. The average Bonchev–Trinajstić information content (AvgIpc) is 3.32. The second kappa shape index (κ2) is 7.57. The van der Waals surface area contributed by atoms with Gasteiger partial charge in [-0.15, -0.1) is 11.3 Å². The third-order valence-electron chi connectivity index (χ3n) is 5.01. The maximum absolute atomic E-state index is 13.7. The number of rotatable bonds is 4. The van der Waals surface area contributed by atoms with E-state index >= 15 is 0 Å². The van der Waals surface area contributed by atoms with Crippen molar-refractivity contribution in [2.45, 2.75) is 6.54 Å². The van der Waals surface area contributed by atoms with Crippen LogP contribution in [0.15, 0.2) is 89.3 Å². The smallest absolute Gasteiger partial charge is 0.259 e. The first-order chi connectivity index (χ1) is 14.7. The molecule has 0 atom stereocenters. The SMILES string of the molecule is O=c1c(-c2ccccc2)cc2c(O)cnc(-c3nccs3)c2n1Cc1ccccc1. The van der Waals surface area contributed by atoms with E-state index in [9.17, 15) is 9.90 Å². The van der Waals surface area contributed by atoms with Gasteiger partial charge in [0.05, 0.1) is 18.3 Å². The Hall–Kier alpha value is -3.77. The van der Waals surface area contributed by atoms with Crippen molar-refractivity contribution < 1.29 is 5.11 Å². The van der Waals surface area contributed by atoms with Gasteiger partial charge < -0.3 is 9.67 Å². The maximum atomic E-state index is 13.7. The minimum Gasteiger partial charge on any atom is -0.506 e. The van der Waals surface area contributed by atoms with Crippen molar-refractivity contribution in [1.82, 2.24) is 14.5 Å². The molecule has 5 nitrogen and oxygen atoms in total. The number of nitrogens with zero attached hydrogens (tertiary/aromatic N) is 3. The van der Waals surface area contributed by atoms with E-state index in [4.69, 9.17) is 0 Å². The molecular weight excluding hydrogens is 394 g/mol. The van der Waals surface area contributed by atoms with E-state index in [1.165, 1.54) is 17.5 Å². The summed E-state index contributed by atoms with van der Waals surface area (Å²) in [5.74, 6) is 0.0318. The quantitative estimate of drug-likeness (QED) is 0.455. The number of aromatic nitrogens is 3. The first kappa shape index (κ1) is 18.3. The molecule has 30 heavy (non-hydrogen) atoms. The minimum atomic E-state index is -0.136. The van der Waals surface area contributed by atoms with Crippen LogP contribution in [0.3, 0.4) is 0 Å². The molecule has 5 rings (SSSR count). The van der Waals surface area contributed by atoms with Crippen molar-refractivity contribution in [3.63, 3.8) is 0 Å². The average molecular weight is 411 g/mol. The number of hydrogen-bond acceptors (Lipinski definition) is 5. The van der Waals surface area contributed by atoms with Gasteiger partial charge in [0.1, 0.15) is 16.5 Å².